The summed E-state index contributed by atoms with van der Waals surface area (Å²) in [5.41, 5.74) is 1.08. The van der Waals surface area contributed by atoms with Crippen LogP contribution < -0.4 is 5.32 Å². The van der Waals surface area contributed by atoms with Gasteiger partial charge in [-0.1, -0.05) is 51.8 Å². The highest BCUT2D eigenvalue weighted by atomic mass is 32.2. The lowest BCUT2D eigenvalue weighted by Crippen LogP contribution is -2.06. The second-order valence-corrected chi connectivity index (χ2v) is 12.8. The first kappa shape index (κ1) is 26.3. The number of unbranched alkanes of at least 4 members (excludes halogenated alkanes) is 6. The van der Waals surface area contributed by atoms with Gasteiger partial charge in [0, 0.05) is 23.5 Å². The van der Waals surface area contributed by atoms with Gasteiger partial charge in [0.15, 0.2) is 0 Å². The van der Waals surface area contributed by atoms with Gasteiger partial charge in [-0.15, -0.1) is 0 Å². The van der Waals surface area contributed by atoms with Gasteiger partial charge in [-0.05, 0) is 50.1 Å². The molecule has 10 heteroatoms. The van der Waals surface area contributed by atoms with Crippen LogP contribution in [-0.2, 0) is 20.2 Å². The molecule has 1 aromatic carbocycles. The number of anilines is 1. The van der Waals surface area contributed by atoms with Crippen molar-refractivity contribution in [3.63, 3.8) is 0 Å². The van der Waals surface area contributed by atoms with Gasteiger partial charge < -0.3 is 14.4 Å². The van der Waals surface area contributed by atoms with Crippen LogP contribution in [0.3, 0.4) is 0 Å². The summed E-state index contributed by atoms with van der Waals surface area (Å²) in [7, 11) is -8.46. The van der Waals surface area contributed by atoms with Gasteiger partial charge in [0.05, 0.1) is 20.2 Å². The molecule has 1 N–H and O–H groups in total. The van der Waals surface area contributed by atoms with Gasteiger partial charge in [0.2, 0.25) is 0 Å². The van der Waals surface area contributed by atoms with Gasteiger partial charge in [0.1, 0.15) is 0 Å². The normalized spacial score (nSPS) is 12.4. The third kappa shape index (κ3) is 16.7. The molecule has 1 aromatic rings. The first-order valence-corrected chi connectivity index (χ1v) is 15.1. The summed E-state index contributed by atoms with van der Waals surface area (Å²) in [5.74, 6) is -0.563. The standard InChI is InChI=1S/C19H34NO6PS2/c21-28(22,23)16-10-3-1-8-14-27(18-20-19-12-6-5-7-13-19)15-9-2-4-11-17-29(24,25)26/h5-7,12-13,20H,1-4,8-11,14-18H2,(H,21,22,23)(H,24,25,26)/p-2. The van der Waals surface area contributed by atoms with Crippen LogP contribution in [-0.4, -0.2) is 56.1 Å². The van der Waals surface area contributed by atoms with E-state index in [0.717, 1.165) is 62.8 Å². The van der Waals surface area contributed by atoms with E-state index in [2.05, 4.69) is 5.32 Å². The van der Waals surface area contributed by atoms with Crippen LogP contribution in [0.5, 0.6) is 0 Å². The fourth-order valence-electron chi connectivity index (χ4n) is 2.96. The molecule has 0 spiro atoms. The Kier molecular flexibility index (Phi) is 13.0. The summed E-state index contributed by atoms with van der Waals surface area (Å²) in [6.45, 7) is 0. The van der Waals surface area contributed by atoms with Crippen LogP contribution in [0.15, 0.2) is 30.3 Å². The maximum atomic E-state index is 10.6. The number of para-hydroxylation sites is 1. The third-order valence-corrected chi connectivity index (χ3v) is 8.60. The van der Waals surface area contributed by atoms with E-state index in [4.69, 9.17) is 0 Å². The largest absolute Gasteiger partial charge is 0.748 e. The van der Waals surface area contributed by atoms with Gasteiger partial charge >= 0.3 is 0 Å². The summed E-state index contributed by atoms with van der Waals surface area (Å²) < 4.78 is 63.8. The van der Waals surface area contributed by atoms with Crippen LogP contribution in [0.4, 0.5) is 5.69 Å². The zero-order chi connectivity index (χ0) is 21.6. The molecule has 0 heterocycles. The van der Waals surface area contributed by atoms with Crippen molar-refractivity contribution >= 4 is 33.8 Å². The SMILES string of the molecule is O=S(=O)([O-])CCCCCCP(CCCCCCS(=O)(=O)[O-])CNc1ccccc1. The molecule has 0 saturated carbocycles. The highest BCUT2D eigenvalue weighted by Gasteiger charge is 2.08. The third-order valence-electron chi connectivity index (χ3n) is 4.52. The van der Waals surface area contributed by atoms with E-state index < -0.39 is 20.2 Å². The Morgan fingerprint density at radius 1 is 0.690 bits per heavy atom. The molecule has 0 fully saturated rings. The van der Waals surface area contributed by atoms with Crippen molar-refractivity contribution in [2.75, 3.05) is 35.4 Å². The Balaban J connectivity index is 2.30. The van der Waals surface area contributed by atoms with E-state index >= 15 is 0 Å². The Morgan fingerprint density at radius 3 is 1.59 bits per heavy atom. The van der Waals surface area contributed by atoms with E-state index in [1.54, 1.807) is 0 Å². The summed E-state index contributed by atoms with van der Waals surface area (Å²) in [4.78, 5) is 0. The number of nitrogens with one attached hydrogen (secondary N) is 1. The Bertz CT molecular complexity index is 712. The van der Waals surface area contributed by atoms with Crippen molar-refractivity contribution in [2.24, 2.45) is 0 Å². The first-order chi connectivity index (χ1) is 13.7. The lowest BCUT2D eigenvalue weighted by molar-refractivity contribution is 0.457. The van der Waals surface area contributed by atoms with Gasteiger partial charge in [-0.3, -0.25) is 0 Å². The lowest BCUT2D eigenvalue weighted by Gasteiger charge is -2.19. The maximum absolute atomic E-state index is 10.6. The Labute approximate surface area is 176 Å². The topological polar surface area (TPSA) is 126 Å². The molecule has 0 bridgehead atoms. The van der Waals surface area contributed by atoms with Gasteiger partial charge in [0.25, 0.3) is 0 Å². The second-order valence-electron chi connectivity index (χ2n) is 7.17. The summed E-state index contributed by atoms with van der Waals surface area (Å²) >= 11 is 0. The molecule has 0 aliphatic heterocycles. The second kappa shape index (κ2) is 14.3. The monoisotopic (exact) mass is 465 g/mol. The molecule has 168 valence electrons. The lowest BCUT2D eigenvalue weighted by atomic mass is 10.2. The summed E-state index contributed by atoms with van der Waals surface area (Å²) in [6, 6.07) is 10.00. The molecule has 0 radical (unpaired) electrons. The van der Waals surface area contributed by atoms with Gasteiger partial charge in [-0.2, -0.15) is 0 Å². The van der Waals surface area contributed by atoms with Crippen molar-refractivity contribution in [2.45, 2.75) is 51.4 Å². The minimum Gasteiger partial charge on any atom is -0.748 e. The van der Waals surface area contributed by atoms with Crippen molar-refractivity contribution in [3.05, 3.63) is 30.3 Å². The predicted molar refractivity (Wildman–Crippen MR) is 118 cm³/mol. The highest BCUT2D eigenvalue weighted by Crippen LogP contribution is 2.38. The average Bonchev–Trinajstić information content (AvgIpc) is 2.63. The van der Waals surface area contributed by atoms with Crippen LogP contribution in [0, 0.1) is 0 Å². The predicted octanol–water partition coefficient (Wildman–Crippen LogP) is 3.75. The van der Waals surface area contributed by atoms with Crippen LogP contribution >= 0.6 is 7.92 Å². The molecule has 0 aromatic heterocycles. The molecule has 0 atom stereocenters. The van der Waals surface area contributed by atoms with E-state index in [9.17, 15) is 25.9 Å². The fourth-order valence-corrected chi connectivity index (χ4v) is 6.37. The van der Waals surface area contributed by atoms with E-state index in [1.165, 1.54) is 0 Å². The number of hydrogen-bond acceptors (Lipinski definition) is 7. The number of rotatable bonds is 17. The fraction of sp³-hybridized carbons (Fsp3) is 0.684. The molecule has 0 amide bonds. The zero-order valence-corrected chi connectivity index (χ0v) is 19.3. The zero-order valence-electron chi connectivity index (χ0n) is 16.8. The van der Waals surface area contributed by atoms with Crippen molar-refractivity contribution in [1.29, 1.82) is 0 Å². The number of benzene rings is 1. The van der Waals surface area contributed by atoms with Gasteiger partial charge in [-0.25, -0.2) is 16.8 Å². The molecular formula is C19H32NO6PS2-2. The molecule has 7 nitrogen and oxygen atoms in total. The average molecular weight is 466 g/mol. The van der Waals surface area contributed by atoms with Crippen molar-refractivity contribution in [1.82, 2.24) is 0 Å². The summed E-state index contributed by atoms with van der Waals surface area (Å²) in [6.07, 6.45) is 9.27. The van der Waals surface area contributed by atoms with Crippen LogP contribution in [0.25, 0.3) is 0 Å². The van der Waals surface area contributed by atoms with Crippen molar-refractivity contribution in [3.8, 4) is 0 Å². The highest BCUT2D eigenvalue weighted by molar-refractivity contribution is 7.85. The van der Waals surface area contributed by atoms with Crippen molar-refractivity contribution < 1.29 is 25.9 Å². The van der Waals surface area contributed by atoms with Crippen LogP contribution in [0.2, 0.25) is 0 Å². The minimum atomic E-state index is -4.11. The first-order valence-electron chi connectivity index (χ1n) is 10.0. The van der Waals surface area contributed by atoms with E-state index in [1.807, 2.05) is 30.3 Å². The molecule has 0 unspecified atom stereocenters. The van der Waals surface area contributed by atoms with Crippen LogP contribution in [0.1, 0.15) is 51.4 Å². The molecule has 0 aliphatic carbocycles. The number of hydrogen-bond donors (Lipinski definition) is 1. The molecule has 0 saturated heterocycles. The minimum absolute atomic E-state index is 0.242. The Morgan fingerprint density at radius 2 is 1.14 bits per heavy atom. The molecular weight excluding hydrogens is 433 g/mol. The summed E-state index contributed by atoms with van der Waals surface area (Å²) in [5, 5.41) is 3.48. The van der Waals surface area contributed by atoms with E-state index in [-0.39, 0.29) is 19.4 Å². The molecule has 0 aliphatic rings. The Hall–Kier alpha value is -0.730. The molecule has 29 heavy (non-hydrogen) atoms. The smallest absolute Gasteiger partial charge is 0.0945 e. The maximum Gasteiger partial charge on any atom is 0.0945 e. The quantitative estimate of drug-likeness (QED) is 0.211. The van der Waals surface area contributed by atoms with E-state index in [0.29, 0.717) is 12.8 Å². The molecule has 1 rings (SSSR count).